The largest absolute Gasteiger partial charge is 0.316 e. The maximum absolute atomic E-state index is 3.65. The van der Waals surface area contributed by atoms with Crippen molar-refractivity contribution in [3.05, 3.63) is 0 Å². The predicted octanol–water partition coefficient (Wildman–Crippen LogP) is 1.65. The molecule has 4 fully saturated rings. The van der Waals surface area contributed by atoms with Gasteiger partial charge in [0.2, 0.25) is 0 Å². The molecule has 110 valence electrons. The lowest BCUT2D eigenvalue weighted by molar-refractivity contribution is 0.0142. The van der Waals surface area contributed by atoms with E-state index in [1.54, 1.807) is 0 Å². The van der Waals surface area contributed by atoms with Gasteiger partial charge in [-0.05, 0) is 69.7 Å². The van der Waals surface area contributed by atoms with Crippen molar-refractivity contribution in [2.75, 3.05) is 45.8 Å². The lowest BCUT2D eigenvalue weighted by Crippen LogP contribution is -2.56. The Labute approximate surface area is 118 Å². The van der Waals surface area contributed by atoms with E-state index in [0.717, 1.165) is 23.8 Å². The lowest BCUT2D eigenvalue weighted by Gasteiger charge is -2.48. The Balaban J connectivity index is 1.44. The molecule has 3 nitrogen and oxygen atoms in total. The third-order valence-electron chi connectivity index (χ3n) is 5.39. The van der Waals surface area contributed by atoms with E-state index in [2.05, 4.69) is 29.0 Å². The molecular weight excluding hydrogens is 234 g/mol. The minimum Gasteiger partial charge on any atom is -0.316 e. The number of rotatable bonds is 5. The summed E-state index contributed by atoms with van der Waals surface area (Å²) in [5.41, 5.74) is 0. The summed E-state index contributed by atoms with van der Waals surface area (Å²) in [5.74, 6) is 2.68. The fourth-order valence-corrected chi connectivity index (χ4v) is 4.25. The number of piperidine rings is 3. The van der Waals surface area contributed by atoms with Crippen molar-refractivity contribution < 1.29 is 0 Å². The Hall–Kier alpha value is -0.120. The molecule has 0 saturated carbocycles. The second kappa shape index (κ2) is 6.11. The average Bonchev–Trinajstić information content (AvgIpc) is 2.88. The molecule has 3 heteroatoms. The summed E-state index contributed by atoms with van der Waals surface area (Å²) in [7, 11) is 0. The summed E-state index contributed by atoms with van der Waals surface area (Å²) in [5, 5.41) is 3.65. The van der Waals surface area contributed by atoms with Gasteiger partial charge in [-0.25, -0.2) is 0 Å². The highest BCUT2D eigenvalue weighted by atomic mass is 15.3. The van der Waals surface area contributed by atoms with Gasteiger partial charge in [-0.3, -0.25) is 4.90 Å². The first-order valence-corrected chi connectivity index (χ1v) is 8.39. The van der Waals surface area contributed by atoms with Crippen LogP contribution in [0.3, 0.4) is 0 Å². The standard InChI is InChI=1S/C16H31N3/c1-13(2)9-17-10-14-3-8-19(11-14)16-12-18-6-4-15(16)5-7-18/h13-17H,3-12H2,1-2H3. The Morgan fingerprint density at radius 3 is 2.47 bits per heavy atom. The SMILES string of the molecule is CC(C)CNCC1CCN(C2CN3CCC2CC3)C1. The topological polar surface area (TPSA) is 18.5 Å². The second-order valence-electron chi connectivity index (χ2n) is 7.41. The van der Waals surface area contributed by atoms with Crippen LogP contribution in [0, 0.1) is 17.8 Å². The van der Waals surface area contributed by atoms with Crippen molar-refractivity contribution >= 4 is 0 Å². The highest BCUT2D eigenvalue weighted by Gasteiger charge is 2.39. The molecule has 0 aromatic heterocycles. The van der Waals surface area contributed by atoms with E-state index < -0.39 is 0 Å². The van der Waals surface area contributed by atoms with Crippen molar-refractivity contribution in [2.45, 2.75) is 39.2 Å². The molecule has 0 radical (unpaired) electrons. The number of nitrogens with one attached hydrogen (secondary N) is 1. The Bertz CT molecular complexity index is 284. The predicted molar refractivity (Wildman–Crippen MR) is 80.3 cm³/mol. The Morgan fingerprint density at radius 1 is 1.05 bits per heavy atom. The number of likely N-dealkylation sites (tertiary alicyclic amines) is 1. The highest BCUT2D eigenvalue weighted by Crippen LogP contribution is 2.33. The highest BCUT2D eigenvalue weighted by molar-refractivity contribution is 4.94. The molecule has 0 aromatic rings. The first kappa shape index (κ1) is 13.8. The molecule has 2 unspecified atom stereocenters. The molecule has 4 rings (SSSR count). The van der Waals surface area contributed by atoms with Crippen molar-refractivity contribution in [3.8, 4) is 0 Å². The van der Waals surface area contributed by atoms with E-state index in [1.165, 1.54) is 65.1 Å². The Morgan fingerprint density at radius 2 is 1.84 bits per heavy atom. The molecule has 4 aliphatic rings. The normalized spacial score (nSPS) is 39.3. The summed E-state index contributed by atoms with van der Waals surface area (Å²) in [6, 6.07) is 0.887. The number of nitrogens with zero attached hydrogens (tertiary/aromatic N) is 2. The average molecular weight is 265 g/mol. The smallest absolute Gasteiger partial charge is 0.0252 e. The van der Waals surface area contributed by atoms with Gasteiger partial charge in [0.15, 0.2) is 0 Å². The van der Waals surface area contributed by atoms with E-state index in [1.807, 2.05) is 0 Å². The van der Waals surface area contributed by atoms with Crippen LogP contribution in [-0.4, -0.2) is 61.7 Å². The van der Waals surface area contributed by atoms with Gasteiger partial charge in [0, 0.05) is 19.1 Å². The molecule has 2 atom stereocenters. The molecule has 0 aromatic carbocycles. The lowest BCUT2D eigenvalue weighted by atomic mass is 9.83. The van der Waals surface area contributed by atoms with Gasteiger partial charge >= 0.3 is 0 Å². The van der Waals surface area contributed by atoms with Gasteiger partial charge < -0.3 is 10.2 Å². The maximum atomic E-state index is 3.65. The molecule has 4 aliphatic heterocycles. The summed E-state index contributed by atoms with van der Waals surface area (Å²) < 4.78 is 0. The first-order valence-electron chi connectivity index (χ1n) is 8.39. The second-order valence-corrected chi connectivity index (χ2v) is 7.41. The summed E-state index contributed by atoms with van der Waals surface area (Å²) >= 11 is 0. The molecule has 19 heavy (non-hydrogen) atoms. The van der Waals surface area contributed by atoms with Gasteiger partial charge in [-0.1, -0.05) is 13.8 Å². The molecule has 0 spiro atoms. The summed E-state index contributed by atoms with van der Waals surface area (Å²) in [6.07, 6.45) is 4.32. The molecule has 1 N–H and O–H groups in total. The molecule has 0 amide bonds. The molecule has 2 bridgehead atoms. The van der Waals surface area contributed by atoms with Crippen LogP contribution in [0.15, 0.2) is 0 Å². The van der Waals surface area contributed by atoms with E-state index in [9.17, 15) is 0 Å². The zero-order chi connectivity index (χ0) is 13.2. The molecule has 0 aliphatic carbocycles. The van der Waals surface area contributed by atoms with E-state index in [0.29, 0.717) is 0 Å². The van der Waals surface area contributed by atoms with Crippen molar-refractivity contribution in [2.24, 2.45) is 17.8 Å². The molecular formula is C16H31N3. The van der Waals surface area contributed by atoms with Crippen LogP contribution in [0.1, 0.15) is 33.1 Å². The number of hydrogen-bond acceptors (Lipinski definition) is 3. The van der Waals surface area contributed by atoms with E-state index in [4.69, 9.17) is 0 Å². The van der Waals surface area contributed by atoms with Crippen molar-refractivity contribution in [1.29, 1.82) is 0 Å². The van der Waals surface area contributed by atoms with Crippen LogP contribution >= 0.6 is 0 Å². The third kappa shape index (κ3) is 3.32. The zero-order valence-corrected chi connectivity index (χ0v) is 12.8. The van der Waals surface area contributed by atoms with Gasteiger partial charge in [-0.2, -0.15) is 0 Å². The molecule has 4 heterocycles. The summed E-state index contributed by atoms with van der Waals surface area (Å²) in [6.45, 7) is 13.8. The van der Waals surface area contributed by atoms with Gasteiger partial charge in [0.1, 0.15) is 0 Å². The first-order chi connectivity index (χ1) is 9.22. The van der Waals surface area contributed by atoms with Crippen LogP contribution in [0.25, 0.3) is 0 Å². The van der Waals surface area contributed by atoms with Crippen molar-refractivity contribution in [1.82, 2.24) is 15.1 Å². The van der Waals surface area contributed by atoms with Gasteiger partial charge in [0.25, 0.3) is 0 Å². The van der Waals surface area contributed by atoms with Gasteiger partial charge in [0.05, 0.1) is 0 Å². The monoisotopic (exact) mass is 265 g/mol. The van der Waals surface area contributed by atoms with Crippen LogP contribution in [-0.2, 0) is 0 Å². The maximum Gasteiger partial charge on any atom is 0.0252 e. The zero-order valence-electron chi connectivity index (χ0n) is 12.8. The van der Waals surface area contributed by atoms with Crippen LogP contribution < -0.4 is 5.32 Å². The third-order valence-corrected chi connectivity index (χ3v) is 5.39. The van der Waals surface area contributed by atoms with Gasteiger partial charge in [-0.15, -0.1) is 0 Å². The minimum absolute atomic E-state index is 0.777. The molecule has 4 saturated heterocycles. The van der Waals surface area contributed by atoms with Crippen LogP contribution in [0.2, 0.25) is 0 Å². The Kier molecular flexibility index (Phi) is 4.45. The fraction of sp³-hybridized carbons (Fsp3) is 1.00. The number of fused-ring (bicyclic) bond motifs is 3. The number of hydrogen-bond donors (Lipinski definition) is 1. The quantitative estimate of drug-likeness (QED) is 0.815. The van der Waals surface area contributed by atoms with Crippen LogP contribution in [0.4, 0.5) is 0 Å². The minimum atomic E-state index is 0.777. The van der Waals surface area contributed by atoms with E-state index in [-0.39, 0.29) is 0 Å². The van der Waals surface area contributed by atoms with Crippen LogP contribution in [0.5, 0.6) is 0 Å². The fourth-order valence-electron chi connectivity index (χ4n) is 4.25. The van der Waals surface area contributed by atoms with Crippen molar-refractivity contribution in [3.63, 3.8) is 0 Å². The summed E-state index contributed by atoms with van der Waals surface area (Å²) in [4.78, 5) is 5.51. The van der Waals surface area contributed by atoms with E-state index >= 15 is 0 Å².